The van der Waals surface area contributed by atoms with Gasteiger partial charge in [0, 0.05) is 10.6 Å². The van der Waals surface area contributed by atoms with E-state index in [9.17, 15) is 4.79 Å². The lowest BCUT2D eigenvalue weighted by Gasteiger charge is -2.31. The second-order valence-corrected chi connectivity index (χ2v) is 5.80. The minimum Gasteiger partial charge on any atom is -0.393 e. The molecule has 0 radical (unpaired) electrons. The van der Waals surface area contributed by atoms with E-state index in [1.807, 2.05) is 27.7 Å². The third-order valence-electron chi connectivity index (χ3n) is 3.00. The topological polar surface area (TPSA) is 50.7 Å². The first kappa shape index (κ1) is 13.9. The van der Waals surface area contributed by atoms with Crippen LogP contribution in [0.4, 0.5) is 5.69 Å². The molecule has 4 nitrogen and oxygen atoms in total. The molecule has 1 heterocycles. The average molecular weight is 281 g/mol. The van der Waals surface area contributed by atoms with Crippen molar-refractivity contribution in [2.45, 2.75) is 33.8 Å². The van der Waals surface area contributed by atoms with Crippen LogP contribution >= 0.6 is 11.6 Å². The van der Waals surface area contributed by atoms with Crippen molar-refractivity contribution in [2.24, 2.45) is 10.6 Å². The molecule has 2 rings (SSSR count). The van der Waals surface area contributed by atoms with Gasteiger partial charge in [-0.1, -0.05) is 16.8 Å². The maximum absolute atomic E-state index is 12.1. The Labute approximate surface area is 117 Å². The maximum atomic E-state index is 12.1. The van der Waals surface area contributed by atoms with Gasteiger partial charge in [0.05, 0.1) is 11.1 Å². The molecule has 1 aliphatic rings. The van der Waals surface area contributed by atoms with Crippen molar-refractivity contribution in [3.05, 3.63) is 28.8 Å². The maximum Gasteiger partial charge on any atom is 0.236 e. The van der Waals surface area contributed by atoms with Gasteiger partial charge in [-0.3, -0.25) is 4.79 Å². The molecule has 1 N–H and O–H groups in total. The molecule has 5 heteroatoms. The first-order chi connectivity index (χ1) is 8.82. The van der Waals surface area contributed by atoms with Gasteiger partial charge in [-0.05, 0) is 45.9 Å². The van der Waals surface area contributed by atoms with Gasteiger partial charge in [-0.25, -0.2) is 0 Å². The van der Waals surface area contributed by atoms with E-state index in [2.05, 4.69) is 10.5 Å². The lowest BCUT2D eigenvalue weighted by atomic mass is 9.79. The van der Waals surface area contributed by atoms with Crippen molar-refractivity contribution in [1.82, 2.24) is 0 Å². The summed E-state index contributed by atoms with van der Waals surface area (Å²) in [4.78, 5) is 17.5. The van der Waals surface area contributed by atoms with Crippen LogP contribution in [0.25, 0.3) is 0 Å². The fourth-order valence-electron chi connectivity index (χ4n) is 1.87. The van der Waals surface area contributed by atoms with Crippen LogP contribution in [-0.2, 0) is 9.63 Å². The quantitative estimate of drug-likeness (QED) is 0.844. The number of amides is 1. The van der Waals surface area contributed by atoms with Crippen molar-refractivity contribution in [2.75, 3.05) is 5.32 Å². The minimum atomic E-state index is -0.757. The number of hydrogen-bond donors (Lipinski definition) is 1. The van der Waals surface area contributed by atoms with Crippen LogP contribution < -0.4 is 5.32 Å². The normalized spacial score (nSPS) is 19.3. The van der Waals surface area contributed by atoms with Gasteiger partial charge < -0.3 is 10.2 Å². The van der Waals surface area contributed by atoms with Crippen LogP contribution in [0.1, 0.15) is 33.3 Å². The number of halogens is 1. The van der Waals surface area contributed by atoms with Crippen LogP contribution in [-0.4, -0.2) is 17.7 Å². The smallest absolute Gasteiger partial charge is 0.236 e. The Morgan fingerprint density at radius 1 is 1.37 bits per heavy atom. The summed E-state index contributed by atoms with van der Waals surface area (Å²) < 4.78 is 0. The zero-order valence-corrected chi connectivity index (χ0v) is 12.2. The number of anilines is 1. The molecule has 0 aliphatic carbocycles. The highest BCUT2D eigenvalue weighted by Gasteiger charge is 2.40. The van der Waals surface area contributed by atoms with Gasteiger partial charge in [0.2, 0.25) is 5.91 Å². The Balaban J connectivity index is 2.56. The van der Waals surface area contributed by atoms with E-state index < -0.39 is 5.41 Å². The molecule has 19 heavy (non-hydrogen) atoms. The number of carbonyl (C=O) groups is 1. The van der Waals surface area contributed by atoms with Crippen molar-refractivity contribution >= 4 is 28.9 Å². The fraction of sp³-hybridized carbons (Fsp3) is 0.429. The molecular formula is C14H17ClN2O2. The van der Waals surface area contributed by atoms with E-state index in [1.54, 1.807) is 18.2 Å². The number of fused-ring (bicyclic) bond motifs is 1. The number of carbonyl (C=O) groups excluding carboxylic acids is 1. The largest absolute Gasteiger partial charge is 0.393 e. The summed E-state index contributed by atoms with van der Waals surface area (Å²) in [6.45, 7) is 7.40. The molecule has 0 spiro atoms. The lowest BCUT2D eigenvalue weighted by molar-refractivity contribution is -0.121. The summed E-state index contributed by atoms with van der Waals surface area (Å²) in [6, 6.07) is 5.30. The minimum absolute atomic E-state index is 0.0454. The van der Waals surface area contributed by atoms with Gasteiger partial charge in [0.25, 0.3) is 0 Å². The van der Waals surface area contributed by atoms with Crippen molar-refractivity contribution in [1.29, 1.82) is 0 Å². The highest BCUT2D eigenvalue weighted by molar-refractivity contribution is 6.32. The summed E-state index contributed by atoms with van der Waals surface area (Å²) in [5.74, 6) is -0.103. The molecule has 1 aromatic rings. The van der Waals surface area contributed by atoms with E-state index >= 15 is 0 Å². The summed E-state index contributed by atoms with van der Waals surface area (Å²) in [6.07, 6.45) is -0.0454. The Kier molecular flexibility index (Phi) is 3.54. The molecule has 0 atom stereocenters. The first-order valence-electron chi connectivity index (χ1n) is 6.18. The zero-order chi connectivity index (χ0) is 14.2. The molecular weight excluding hydrogens is 264 g/mol. The third kappa shape index (κ3) is 2.59. The molecule has 1 aliphatic heterocycles. The Morgan fingerprint density at radius 2 is 2.05 bits per heavy atom. The predicted molar refractivity (Wildman–Crippen MR) is 76.6 cm³/mol. The molecule has 0 fully saturated rings. The molecule has 1 amide bonds. The van der Waals surface area contributed by atoms with Gasteiger partial charge in [-0.15, -0.1) is 0 Å². The molecule has 0 saturated heterocycles. The predicted octanol–water partition coefficient (Wildman–Crippen LogP) is 3.45. The van der Waals surface area contributed by atoms with Gasteiger partial charge in [0.1, 0.15) is 11.8 Å². The molecule has 102 valence electrons. The molecule has 0 unspecified atom stereocenters. The van der Waals surface area contributed by atoms with E-state index in [4.69, 9.17) is 16.4 Å². The monoisotopic (exact) mass is 280 g/mol. The molecule has 0 aromatic heterocycles. The van der Waals surface area contributed by atoms with E-state index in [0.29, 0.717) is 16.4 Å². The van der Waals surface area contributed by atoms with Crippen LogP contribution in [0.15, 0.2) is 23.4 Å². The highest BCUT2D eigenvalue weighted by Crippen LogP contribution is 2.35. The second kappa shape index (κ2) is 4.85. The van der Waals surface area contributed by atoms with Crippen LogP contribution in [0.3, 0.4) is 0 Å². The summed E-state index contributed by atoms with van der Waals surface area (Å²) in [5.41, 5.74) is 1.35. The van der Waals surface area contributed by atoms with Gasteiger partial charge >= 0.3 is 0 Å². The van der Waals surface area contributed by atoms with Crippen molar-refractivity contribution < 1.29 is 9.63 Å². The third-order valence-corrected chi connectivity index (χ3v) is 3.23. The number of nitrogens with zero attached hydrogens (tertiary/aromatic N) is 1. The van der Waals surface area contributed by atoms with E-state index in [-0.39, 0.29) is 12.0 Å². The number of rotatable bonds is 2. The average Bonchev–Trinajstić information content (AvgIpc) is 2.30. The molecule has 0 bridgehead atoms. The van der Waals surface area contributed by atoms with Crippen molar-refractivity contribution in [3.63, 3.8) is 0 Å². The van der Waals surface area contributed by atoms with Gasteiger partial charge in [0.15, 0.2) is 0 Å². The van der Waals surface area contributed by atoms with Crippen LogP contribution in [0.2, 0.25) is 5.02 Å². The summed E-state index contributed by atoms with van der Waals surface area (Å²) >= 11 is 6.03. The van der Waals surface area contributed by atoms with E-state index in [1.165, 1.54) is 0 Å². The second-order valence-electron chi connectivity index (χ2n) is 5.36. The lowest BCUT2D eigenvalue weighted by Crippen LogP contribution is -2.43. The Bertz CT molecular complexity index is 550. The highest BCUT2D eigenvalue weighted by atomic mass is 35.5. The zero-order valence-electron chi connectivity index (χ0n) is 11.5. The number of hydrogen-bond acceptors (Lipinski definition) is 3. The number of benzene rings is 1. The molecule has 0 saturated carbocycles. The Hall–Kier alpha value is -1.55. The summed E-state index contributed by atoms with van der Waals surface area (Å²) in [7, 11) is 0. The number of oxime groups is 1. The van der Waals surface area contributed by atoms with Crippen LogP contribution in [0, 0.1) is 5.41 Å². The van der Waals surface area contributed by atoms with Crippen LogP contribution in [0.5, 0.6) is 0 Å². The first-order valence-corrected chi connectivity index (χ1v) is 6.56. The Morgan fingerprint density at radius 3 is 2.68 bits per heavy atom. The van der Waals surface area contributed by atoms with E-state index in [0.717, 1.165) is 5.56 Å². The standard InChI is InChI=1S/C14H17ClN2O2/c1-8(2)19-17-12-10-7-9(15)5-6-11(10)16-13(18)14(12,3)4/h5-8H,1-4H3,(H,16,18)/b17-12+. The number of nitrogens with one attached hydrogen (secondary N) is 1. The van der Waals surface area contributed by atoms with Crippen molar-refractivity contribution in [3.8, 4) is 0 Å². The SMILES string of the molecule is CC(C)O/N=C1\c2cc(Cl)ccc2NC(=O)C1(C)C. The van der Waals surface area contributed by atoms with Gasteiger partial charge in [-0.2, -0.15) is 0 Å². The molecule has 1 aromatic carbocycles. The fourth-order valence-corrected chi connectivity index (χ4v) is 2.04. The summed E-state index contributed by atoms with van der Waals surface area (Å²) in [5, 5.41) is 7.63.